The van der Waals surface area contributed by atoms with Crippen molar-refractivity contribution < 1.29 is 29.7 Å². The van der Waals surface area contributed by atoms with Crippen molar-refractivity contribution in [2.24, 2.45) is 0 Å². The van der Waals surface area contributed by atoms with Crippen LogP contribution in [0.2, 0.25) is 0 Å². The average molecular weight is 267 g/mol. The summed E-state index contributed by atoms with van der Waals surface area (Å²) in [6.45, 7) is 0. The van der Waals surface area contributed by atoms with Crippen LogP contribution in [-0.4, -0.2) is 30.2 Å². The molecule has 0 aliphatic rings. The Balaban J connectivity index is 0.000000373. The molecule has 0 amide bonds. The number of aromatic amines is 3. The number of hydrogen-bond acceptors (Lipinski definition) is 5. The SMILES string of the molecule is Nc1nc2[nH+]c[nH]c2c(=O)[nH]1.O.O=P([O-])(O)O. The minimum absolute atomic E-state index is 0. The lowest BCUT2D eigenvalue weighted by Gasteiger charge is -2.01. The predicted octanol–water partition coefficient (Wildman–Crippen LogP) is -3.74. The van der Waals surface area contributed by atoms with Gasteiger partial charge in [0, 0.05) is 0 Å². The highest BCUT2D eigenvalue weighted by molar-refractivity contribution is 7.43. The van der Waals surface area contributed by atoms with Crippen molar-refractivity contribution >= 4 is 24.9 Å². The van der Waals surface area contributed by atoms with Gasteiger partial charge in [-0.25, -0.2) is 4.98 Å². The number of nitrogens with two attached hydrogens (primary N) is 1. The number of fused-ring (bicyclic) bond motifs is 1. The van der Waals surface area contributed by atoms with Crippen LogP contribution in [0.3, 0.4) is 0 Å². The van der Waals surface area contributed by atoms with Gasteiger partial charge in [0.05, 0.1) is 0 Å². The summed E-state index contributed by atoms with van der Waals surface area (Å²) in [7, 11) is -4.89. The minimum Gasteiger partial charge on any atom is -0.756 e. The molecule has 2 heterocycles. The molecule has 0 aromatic carbocycles. The monoisotopic (exact) mass is 267 g/mol. The zero-order valence-corrected chi connectivity index (χ0v) is 9.06. The third-order valence-electron chi connectivity index (χ3n) is 1.36. The molecule has 2 aromatic heterocycles. The normalized spacial score (nSPS) is 10.3. The lowest BCUT2D eigenvalue weighted by molar-refractivity contribution is -0.347. The smallest absolute Gasteiger partial charge is 0.309 e. The molecule has 0 aliphatic heterocycles. The number of nitrogens with zero attached hydrogens (tertiary/aromatic N) is 1. The van der Waals surface area contributed by atoms with E-state index < -0.39 is 7.82 Å². The fourth-order valence-electron chi connectivity index (χ4n) is 0.906. The summed E-state index contributed by atoms with van der Waals surface area (Å²) in [5.41, 5.74) is 5.88. The van der Waals surface area contributed by atoms with E-state index in [1.165, 1.54) is 6.33 Å². The molecule has 2 aromatic rings. The van der Waals surface area contributed by atoms with Crippen molar-refractivity contribution in [2.45, 2.75) is 0 Å². The maximum Gasteiger partial charge on any atom is 0.309 e. The van der Waals surface area contributed by atoms with E-state index >= 15 is 0 Å². The van der Waals surface area contributed by atoms with Gasteiger partial charge in [0.25, 0.3) is 19.3 Å². The Morgan fingerprint density at radius 2 is 2.06 bits per heavy atom. The van der Waals surface area contributed by atoms with Crippen molar-refractivity contribution in [1.82, 2.24) is 15.0 Å². The Morgan fingerprint density at radius 3 is 2.59 bits per heavy atom. The summed E-state index contributed by atoms with van der Waals surface area (Å²) in [6.07, 6.45) is 1.52. The van der Waals surface area contributed by atoms with E-state index in [0.717, 1.165) is 0 Å². The highest BCUT2D eigenvalue weighted by atomic mass is 31.2. The van der Waals surface area contributed by atoms with Crippen molar-refractivity contribution in [3.8, 4) is 0 Å². The number of aromatic nitrogens is 4. The molecule has 0 bridgehead atoms. The van der Waals surface area contributed by atoms with Crippen molar-refractivity contribution in [1.29, 1.82) is 0 Å². The number of hydrogen-bond donors (Lipinski definition) is 5. The highest BCUT2D eigenvalue weighted by Gasteiger charge is 2.08. The summed E-state index contributed by atoms with van der Waals surface area (Å²) in [5.74, 6) is 0.110. The zero-order chi connectivity index (χ0) is 12.3. The molecule has 0 fully saturated rings. The second-order valence-electron chi connectivity index (χ2n) is 2.60. The summed E-state index contributed by atoms with van der Waals surface area (Å²) >= 11 is 0. The summed E-state index contributed by atoms with van der Waals surface area (Å²) < 4.78 is 8.77. The molecule has 0 radical (unpaired) electrons. The van der Waals surface area contributed by atoms with Crippen LogP contribution in [0.15, 0.2) is 11.1 Å². The van der Waals surface area contributed by atoms with E-state index in [2.05, 4.69) is 19.9 Å². The van der Waals surface area contributed by atoms with Crippen LogP contribution in [0.5, 0.6) is 0 Å². The molecular formula is C5H10N5O6P. The molecular weight excluding hydrogens is 257 g/mol. The maximum atomic E-state index is 11.0. The number of nitrogen functional groups attached to an aromatic ring is 1. The second kappa shape index (κ2) is 5.52. The van der Waals surface area contributed by atoms with Crippen LogP contribution in [0.25, 0.3) is 11.2 Å². The summed E-state index contributed by atoms with van der Waals surface area (Å²) in [5, 5.41) is 0. The lowest BCUT2D eigenvalue weighted by atomic mass is 10.5. The number of imidazole rings is 1. The van der Waals surface area contributed by atoms with Crippen LogP contribution in [0, 0.1) is 0 Å². The molecule has 0 aliphatic carbocycles. The fourth-order valence-corrected chi connectivity index (χ4v) is 0.906. The molecule has 0 saturated carbocycles. The van der Waals surface area contributed by atoms with E-state index in [1.807, 2.05) is 0 Å². The van der Waals surface area contributed by atoms with Gasteiger partial charge >= 0.3 is 5.65 Å². The van der Waals surface area contributed by atoms with Gasteiger partial charge in [-0.05, 0) is 0 Å². The van der Waals surface area contributed by atoms with Crippen LogP contribution >= 0.6 is 7.82 Å². The number of rotatable bonds is 0. The standard InChI is InChI=1S/C5H5N5O.H3O4P.H2O/c6-5-9-3-2(4(11)10-5)7-1-8-3;1-5(2,3)4;/h1H,(H4,6,7,8,9,10,11);(H3,1,2,3,4);1H2. The van der Waals surface area contributed by atoms with Gasteiger partial charge in [-0.3, -0.25) is 19.3 Å². The molecule has 9 N–H and O–H groups in total. The summed E-state index contributed by atoms with van der Waals surface area (Å²) in [6, 6.07) is 0. The van der Waals surface area contributed by atoms with Gasteiger partial charge in [0.1, 0.15) is 0 Å². The zero-order valence-electron chi connectivity index (χ0n) is 8.17. The fraction of sp³-hybridized carbons (Fsp3) is 0. The topological polar surface area (TPSA) is 214 Å². The third kappa shape index (κ3) is 5.19. The first-order valence-corrected chi connectivity index (χ1v) is 5.31. The molecule has 96 valence electrons. The predicted molar refractivity (Wildman–Crippen MR) is 53.3 cm³/mol. The molecule has 0 atom stereocenters. The van der Waals surface area contributed by atoms with Gasteiger partial charge in [0.15, 0.2) is 6.33 Å². The molecule has 12 heteroatoms. The lowest BCUT2D eigenvalue weighted by Crippen LogP contribution is -2.13. The Morgan fingerprint density at radius 1 is 1.53 bits per heavy atom. The quantitative estimate of drug-likeness (QED) is 0.300. The second-order valence-corrected chi connectivity index (χ2v) is 3.58. The van der Waals surface area contributed by atoms with Crippen molar-refractivity contribution in [3.05, 3.63) is 16.7 Å². The molecule has 11 nitrogen and oxygen atoms in total. The van der Waals surface area contributed by atoms with Crippen LogP contribution in [0.4, 0.5) is 5.95 Å². The van der Waals surface area contributed by atoms with Crippen LogP contribution < -0.4 is 21.2 Å². The van der Waals surface area contributed by atoms with Crippen LogP contribution in [0.1, 0.15) is 0 Å². The molecule has 2 rings (SSSR count). The van der Waals surface area contributed by atoms with Gasteiger partial charge in [-0.15, -0.1) is 0 Å². The Labute approximate surface area is 92.9 Å². The molecule has 0 unspecified atom stereocenters. The molecule has 0 saturated heterocycles. The van der Waals surface area contributed by atoms with Gasteiger partial charge in [0.2, 0.25) is 5.52 Å². The minimum atomic E-state index is -4.89. The van der Waals surface area contributed by atoms with E-state index in [1.54, 1.807) is 0 Å². The van der Waals surface area contributed by atoms with Gasteiger partial charge < -0.3 is 25.9 Å². The van der Waals surface area contributed by atoms with E-state index in [-0.39, 0.29) is 17.0 Å². The van der Waals surface area contributed by atoms with Gasteiger partial charge in [-0.2, -0.15) is 0 Å². The average Bonchev–Trinajstić information content (AvgIpc) is 2.47. The third-order valence-corrected chi connectivity index (χ3v) is 1.36. The van der Waals surface area contributed by atoms with Crippen LogP contribution in [-0.2, 0) is 4.57 Å². The maximum absolute atomic E-state index is 11.0. The Bertz CT molecular complexity index is 577. The van der Waals surface area contributed by atoms with E-state index in [9.17, 15) is 4.79 Å². The first kappa shape index (κ1) is 15.2. The first-order chi connectivity index (χ1) is 7.27. The Kier molecular flexibility index (Phi) is 4.94. The van der Waals surface area contributed by atoms with Crippen molar-refractivity contribution in [2.75, 3.05) is 5.73 Å². The van der Waals surface area contributed by atoms with Crippen molar-refractivity contribution in [3.63, 3.8) is 0 Å². The highest BCUT2D eigenvalue weighted by Crippen LogP contribution is 2.18. The largest absolute Gasteiger partial charge is 0.756 e. The number of phosphoric acid groups is 1. The number of H-pyrrole nitrogens is 3. The number of anilines is 1. The van der Waals surface area contributed by atoms with Gasteiger partial charge in [-0.1, -0.05) is 4.98 Å². The Hall–Kier alpha value is -1.78. The van der Waals surface area contributed by atoms with E-state index in [4.69, 9.17) is 25.0 Å². The first-order valence-electron chi connectivity index (χ1n) is 3.78. The molecule has 0 spiro atoms. The number of nitrogens with one attached hydrogen (secondary N) is 3. The summed E-state index contributed by atoms with van der Waals surface area (Å²) in [4.78, 5) is 45.6. The van der Waals surface area contributed by atoms with E-state index in [0.29, 0.717) is 11.2 Å². The molecule has 17 heavy (non-hydrogen) atoms.